The van der Waals surface area contributed by atoms with Gasteiger partial charge in [-0.3, -0.25) is 4.79 Å². The third kappa shape index (κ3) is 20.6. The first-order valence-corrected chi connectivity index (χ1v) is 14.0. The van der Waals surface area contributed by atoms with E-state index in [0.717, 1.165) is 18.6 Å². The molecule has 0 spiro atoms. The second-order valence-corrected chi connectivity index (χ2v) is 9.63. The maximum atomic E-state index is 11.9. The fourth-order valence-corrected chi connectivity index (χ4v) is 4.24. The number of carbonyl (C=O) groups excluding carboxylic acids is 1. The molecule has 0 aliphatic rings. The Morgan fingerprint density at radius 2 is 1.13 bits per heavy atom. The molecule has 4 nitrogen and oxygen atoms in total. The maximum Gasteiger partial charge on any atom is 0.326 e. The average Bonchev–Trinajstić information content (AvgIpc) is 2.73. The third-order valence-corrected chi connectivity index (χ3v) is 6.40. The summed E-state index contributed by atoms with van der Waals surface area (Å²) in [5.41, 5.74) is 0. The van der Waals surface area contributed by atoms with Gasteiger partial charge in [0.1, 0.15) is 6.04 Å². The number of thioether (sulfide) groups is 1. The second kappa shape index (κ2) is 23.0. The van der Waals surface area contributed by atoms with E-state index in [1.165, 1.54) is 96.3 Å². The first-order chi connectivity index (χ1) is 14.6. The van der Waals surface area contributed by atoms with E-state index in [9.17, 15) is 9.59 Å². The van der Waals surface area contributed by atoms with E-state index in [1.807, 2.05) is 6.26 Å². The van der Waals surface area contributed by atoms with Gasteiger partial charge in [-0.25, -0.2) is 4.79 Å². The lowest BCUT2D eigenvalue weighted by atomic mass is 10.0. The van der Waals surface area contributed by atoms with Gasteiger partial charge >= 0.3 is 5.97 Å². The lowest BCUT2D eigenvalue weighted by Crippen LogP contribution is -2.41. The van der Waals surface area contributed by atoms with Gasteiger partial charge in [-0.2, -0.15) is 11.8 Å². The highest BCUT2D eigenvalue weighted by atomic mass is 32.2. The molecule has 178 valence electrons. The number of rotatable bonds is 23. The molecule has 1 amide bonds. The zero-order valence-corrected chi connectivity index (χ0v) is 20.7. The predicted molar refractivity (Wildman–Crippen MR) is 131 cm³/mol. The van der Waals surface area contributed by atoms with Crippen molar-refractivity contribution in [3.05, 3.63) is 0 Å². The first-order valence-electron chi connectivity index (χ1n) is 12.6. The molecule has 0 aliphatic carbocycles. The monoisotopic (exact) mass is 443 g/mol. The van der Waals surface area contributed by atoms with E-state index in [0.29, 0.717) is 12.8 Å². The highest BCUT2D eigenvalue weighted by molar-refractivity contribution is 7.98. The smallest absolute Gasteiger partial charge is 0.326 e. The minimum atomic E-state index is -0.931. The third-order valence-electron chi connectivity index (χ3n) is 5.75. The number of carbonyl (C=O) groups is 2. The summed E-state index contributed by atoms with van der Waals surface area (Å²) in [6.45, 7) is 2.27. The van der Waals surface area contributed by atoms with Crippen LogP contribution < -0.4 is 5.32 Å². The van der Waals surface area contributed by atoms with Crippen LogP contribution in [0.2, 0.25) is 0 Å². The Balaban J connectivity index is 3.34. The highest BCUT2D eigenvalue weighted by Crippen LogP contribution is 2.14. The van der Waals surface area contributed by atoms with E-state index in [-0.39, 0.29) is 5.91 Å². The first kappa shape index (κ1) is 29.3. The van der Waals surface area contributed by atoms with Crippen LogP contribution in [0.25, 0.3) is 0 Å². The summed E-state index contributed by atoms with van der Waals surface area (Å²) in [4.78, 5) is 23.1. The van der Waals surface area contributed by atoms with Crippen molar-refractivity contribution in [1.29, 1.82) is 0 Å². The summed E-state index contributed by atoms with van der Waals surface area (Å²) in [5.74, 6) is -0.305. The van der Waals surface area contributed by atoms with Crippen LogP contribution in [0.3, 0.4) is 0 Å². The summed E-state index contributed by atoms with van der Waals surface area (Å²) >= 11 is 1.60. The zero-order chi connectivity index (χ0) is 22.3. The number of unbranched alkanes of at least 4 members (excludes halogenated alkanes) is 16. The molecule has 0 fully saturated rings. The molecule has 0 aromatic carbocycles. The van der Waals surface area contributed by atoms with Gasteiger partial charge in [0.15, 0.2) is 0 Å². The van der Waals surface area contributed by atoms with Gasteiger partial charge in [-0.1, -0.05) is 110 Å². The largest absolute Gasteiger partial charge is 0.480 e. The van der Waals surface area contributed by atoms with Crippen molar-refractivity contribution in [3.8, 4) is 0 Å². The number of hydrogen-bond acceptors (Lipinski definition) is 3. The fourth-order valence-electron chi connectivity index (χ4n) is 3.77. The standard InChI is InChI=1S/C25H49NO3S/c1-3-4-5-6-7-8-9-10-11-12-13-14-15-16-17-18-19-20-24(27)26-23(25(28)29)21-22-30-2/h23H,3-22H2,1-2H3,(H,26,27)(H,28,29)/t23-/m0/s1. The van der Waals surface area contributed by atoms with Crippen LogP contribution in [0, 0.1) is 0 Å². The Labute approximate surface area is 190 Å². The normalized spacial score (nSPS) is 12.1. The molecule has 1 atom stereocenters. The van der Waals surface area contributed by atoms with Gasteiger partial charge in [0.2, 0.25) is 5.91 Å². The molecule has 0 bridgehead atoms. The zero-order valence-electron chi connectivity index (χ0n) is 19.9. The molecule has 0 aromatic heterocycles. The fraction of sp³-hybridized carbons (Fsp3) is 0.920. The number of nitrogens with one attached hydrogen (secondary N) is 1. The quantitative estimate of drug-likeness (QED) is 0.162. The molecule has 0 unspecified atom stereocenters. The molecule has 0 rings (SSSR count). The maximum absolute atomic E-state index is 11.9. The van der Waals surface area contributed by atoms with Crippen molar-refractivity contribution in [3.63, 3.8) is 0 Å². The Hall–Kier alpha value is -0.710. The van der Waals surface area contributed by atoms with E-state index in [2.05, 4.69) is 12.2 Å². The Morgan fingerprint density at radius 1 is 0.733 bits per heavy atom. The van der Waals surface area contributed by atoms with Crippen LogP contribution in [0.5, 0.6) is 0 Å². The van der Waals surface area contributed by atoms with E-state index >= 15 is 0 Å². The summed E-state index contributed by atoms with van der Waals surface area (Å²) in [6, 6.07) is -0.740. The number of amides is 1. The Bertz CT molecular complexity index is 404. The molecular formula is C25H49NO3S. The molecule has 0 radical (unpaired) electrons. The van der Waals surface area contributed by atoms with Crippen LogP contribution in [-0.4, -0.2) is 35.0 Å². The van der Waals surface area contributed by atoms with E-state index in [4.69, 9.17) is 5.11 Å². The molecule has 0 aromatic rings. The summed E-state index contributed by atoms with van der Waals surface area (Å²) < 4.78 is 0. The highest BCUT2D eigenvalue weighted by Gasteiger charge is 2.18. The van der Waals surface area contributed by atoms with Gasteiger partial charge in [-0.05, 0) is 24.9 Å². The topological polar surface area (TPSA) is 66.4 Å². The van der Waals surface area contributed by atoms with Crippen molar-refractivity contribution in [2.45, 2.75) is 135 Å². The minimum Gasteiger partial charge on any atom is -0.480 e. The van der Waals surface area contributed by atoms with Crippen LogP contribution in [0.1, 0.15) is 129 Å². The summed E-state index contributed by atoms with van der Waals surface area (Å²) in [7, 11) is 0. The number of carboxylic acid groups (broad SMARTS) is 1. The summed E-state index contributed by atoms with van der Waals surface area (Å²) in [6.07, 6.45) is 25.3. The van der Waals surface area contributed by atoms with Crippen molar-refractivity contribution < 1.29 is 14.7 Å². The van der Waals surface area contributed by atoms with Crippen LogP contribution in [0.15, 0.2) is 0 Å². The van der Waals surface area contributed by atoms with Crippen molar-refractivity contribution >= 4 is 23.6 Å². The van der Waals surface area contributed by atoms with Crippen molar-refractivity contribution in [2.24, 2.45) is 0 Å². The van der Waals surface area contributed by atoms with Gasteiger partial charge in [-0.15, -0.1) is 0 Å². The molecule has 5 heteroatoms. The van der Waals surface area contributed by atoms with E-state index < -0.39 is 12.0 Å². The van der Waals surface area contributed by atoms with Crippen LogP contribution in [-0.2, 0) is 9.59 Å². The van der Waals surface area contributed by atoms with Crippen LogP contribution in [0.4, 0.5) is 0 Å². The Morgan fingerprint density at radius 3 is 1.50 bits per heavy atom. The molecule has 0 aliphatic heterocycles. The van der Waals surface area contributed by atoms with Crippen molar-refractivity contribution in [1.82, 2.24) is 5.32 Å². The van der Waals surface area contributed by atoms with Gasteiger partial charge in [0.25, 0.3) is 0 Å². The molecule has 2 N–H and O–H groups in total. The minimum absolute atomic E-state index is 0.121. The number of hydrogen-bond donors (Lipinski definition) is 2. The lowest BCUT2D eigenvalue weighted by Gasteiger charge is -2.13. The second-order valence-electron chi connectivity index (χ2n) is 8.65. The molecule has 0 saturated carbocycles. The molecule has 0 saturated heterocycles. The Kier molecular flexibility index (Phi) is 22.4. The van der Waals surface area contributed by atoms with Gasteiger partial charge in [0, 0.05) is 6.42 Å². The number of aliphatic carboxylic acids is 1. The predicted octanol–water partition coefficient (Wildman–Crippen LogP) is 7.35. The summed E-state index contributed by atoms with van der Waals surface area (Å²) in [5, 5.41) is 11.8. The average molecular weight is 444 g/mol. The SMILES string of the molecule is CCCCCCCCCCCCCCCCCCCC(=O)N[C@@H](CCSC)C(=O)O. The molecular weight excluding hydrogens is 394 g/mol. The van der Waals surface area contributed by atoms with Crippen LogP contribution >= 0.6 is 11.8 Å². The number of carboxylic acids is 1. The van der Waals surface area contributed by atoms with Crippen molar-refractivity contribution in [2.75, 3.05) is 12.0 Å². The molecule has 0 heterocycles. The lowest BCUT2D eigenvalue weighted by molar-refractivity contribution is -0.141. The molecule has 30 heavy (non-hydrogen) atoms. The van der Waals surface area contributed by atoms with Gasteiger partial charge < -0.3 is 10.4 Å². The van der Waals surface area contributed by atoms with E-state index in [1.54, 1.807) is 11.8 Å². The van der Waals surface area contributed by atoms with Gasteiger partial charge in [0.05, 0.1) is 0 Å².